The molecular formula is C18H24F3N3OS2Si. The van der Waals surface area contributed by atoms with Crippen LogP contribution in [-0.2, 0) is 6.18 Å². The predicted octanol–water partition coefficient (Wildman–Crippen LogP) is 6.66. The van der Waals surface area contributed by atoms with Gasteiger partial charge in [0.15, 0.2) is 15.9 Å². The molecule has 2 N–H and O–H groups in total. The third-order valence-corrected chi connectivity index (χ3v) is 9.96. The average molecular weight is 448 g/mol. The molecule has 2 aromatic rings. The standard InChI is InChI=1S/C18H24F3N3OS2Si/c1-11-9-12(25-28(5,6)17(2,3)4)7-8-13(11)22-15(26)24-16-23-14(10-27-16)18(19,20)21/h7-10H,1-6H3,(H2,22,23,24,26). The zero-order valence-electron chi connectivity index (χ0n) is 16.6. The highest BCUT2D eigenvalue weighted by Crippen LogP contribution is 2.38. The number of halogens is 3. The fourth-order valence-electron chi connectivity index (χ4n) is 2.00. The number of aryl methyl sites for hydroxylation is 1. The minimum atomic E-state index is -4.47. The molecule has 28 heavy (non-hydrogen) atoms. The van der Waals surface area contributed by atoms with Crippen molar-refractivity contribution in [2.75, 3.05) is 10.6 Å². The van der Waals surface area contributed by atoms with Crippen molar-refractivity contribution in [3.63, 3.8) is 0 Å². The molecule has 0 saturated carbocycles. The Morgan fingerprint density at radius 3 is 2.32 bits per heavy atom. The summed E-state index contributed by atoms with van der Waals surface area (Å²) >= 11 is 6.03. The van der Waals surface area contributed by atoms with Gasteiger partial charge in [-0.2, -0.15) is 13.2 Å². The van der Waals surface area contributed by atoms with E-state index in [9.17, 15) is 13.2 Å². The van der Waals surface area contributed by atoms with E-state index in [-0.39, 0.29) is 15.3 Å². The SMILES string of the molecule is Cc1cc(O[Si](C)(C)C(C)(C)C)ccc1NC(=S)Nc1nc(C(F)(F)F)cs1. The minimum Gasteiger partial charge on any atom is -0.543 e. The van der Waals surface area contributed by atoms with Crippen LogP contribution in [0.25, 0.3) is 0 Å². The zero-order chi connectivity index (χ0) is 21.3. The number of aromatic nitrogens is 1. The van der Waals surface area contributed by atoms with Crippen LogP contribution in [0.5, 0.6) is 5.75 Å². The van der Waals surface area contributed by atoms with Crippen molar-refractivity contribution < 1.29 is 17.6 Å². The second-order valence-electron chi connectivity index (χ2n) is 7.95. The smallest absolute Gasteiger partial charge is 0.434 e. The van der Waals surface area contributed by atoms with E-state index in [2.05, 4.69) is 49.5 Å². The molecule has 0 aliphatic carbocycles. The van der Waals surface area contributed by atoms with Crippen LogP contribution in [0.1, 0.15) is 32.0 Å². The molecule has 0 bridgehead atoms. The van der Waals surface area contributed by atoms with Crippen molar-refractivity contribution in [1.29, 1.82) is 0 Å². The van der Waals surface area contributed by atoms with E-state index in [4.69, 9.17) is 16.6 Å². The first-order chi connectivity index (χ1) is 12.7. The van der Waals surface area contributed by atoms with Gasteiger partial charge in [0.05, 0.1) is 0 Å². The first-order valence-corrected chi connectivity index (χ1v) is 12.8. The van der Waals surface area contributed by atoms with Crippen LogP contribution in [0, 0.1) is 6.92 Å². The Kier molecular flexibility index (Phi) is 6.46. The lowest BCUT2D eigenvalue weighted by Crippen LogP contribution is -2.43. The highest BCUT2D eigenvalue weighted by Gasteiger charge is 2.39. The number of benzene rings is 1. The summed E-state index contributed by atoms with van der Waals surface area (Å²) in [6.07, 6.45) is -4.47. The van der Waals surface area contributed by atoms with Crippen LogP contribution in [0.4, 0.5) is 24.0 Å². The fraction of sp³-hybridized carbons (Fsp3) is 0.444. The molecule has 1 aromatic heterocycles. The molecule has 1 heterocycles. The molecule has 0 atom stereocenters. The molecule has 4 nitrogen and oxygen atoms in total. The summed E-state index contributed by atoms with van der Waals surface area (Å²) in [6, 6.07) is 5.63. The largest absolute Gasteiger partial charge is 0.543 e. The molecule has 0 aliphatic rings. The highest BCUT2D eigenvalue weighted by molar-refractivity contribution is 7.80. The van der Waals surface area contributed by atoms with E-state index in [1.54, 1.807) is 0 Å². The molecule has 154 valence electrons. The van der Waals surface area contributed by atoms with Gasteiger partial charge in [-0.1, -0.05) is 20.8 Å². The maximum Gasteiger partial charge on any atom is 0.434 e. The Balaban J connectivity index is 2.04. The number of nitrogens with zero attached hydrogens (tertiary/aromatic N) is 1. The Bertz CT molecular complexity index is 860. The summed E-state index contributed by atoms with van der Waals surface area (Å²) in [4.78, 5) is 3.50. The first kappa shape index (κ1) is 22.6. The Labute approximate surface area is 173 Å². The minimum absolute atomic E-state index is 0.0837. The average Bonchev–Trinajstić information content (AvgIpc) is 2.97. The summed E-state index contributed by atoms with van der Waals surface area (Å²) in [5.74, 6) is 0.795. The van der Waals surface area contributed by atoms with E-state index in [0.29, 0.717) is 0 Å². The monoisotopic (exact) mass is 447 g/mol. The van der Waals surface area contributed by atoms with Crippen LogP contribution in [0.3, 0.4) is 0 Å². The summed E-state index contributed by atoms with van der Waals surface area (Å²) in [5, 5.41) is 6.97. The van der Waals surface area contributed by atoms with Crippen molar-refractivity contribution in [3.8, 4) is 5.75 Å². The van der Waals surface area contributed by atoms with Crippen LogP contribution in [0.2, 0.25) is 18.1 Å². The lowest BCUT2D eigenvalue weighted by molar-refractivity contribution is -0.140. The number of rotatable bonds is 4. The van der Waals surface area contributed by atoms with Crippen LogP contribution < -0.4 is 15.1 Å². The molecule has 0 saturated heterocycles. The van der Waals surface area contributed by atoms with E-state index < -0.39 is 20.2 Å². The van der Waals surface area contributed by atoms with Gasteiger partial charge in [0.1, 0.15) is 5.75 Å². The van der Waals surface area contributed by atoms with Crippen LogP contribution in [-0.4, -0.2) is 18.4 Å². The van der Waals surface area contributed by atoms with Crippen molar-refractivity contribution >= 4 is 47.8 Å². The third kappa shape index (κ3) is 5.68. The number of thiocarbonyl (C=S) groups is 1. The van der Waals surface area contributed by atoms with Crippen LogP contribution >= 0.6 is 23.6 Å². The van der Waals surface area contributed by atoms with Gasteiger partial charge in [-0.3, -0.25) is 0 Å². The molecule has 0 spiro atoms. The van der Waals surface area contributed by atoms with Crippen molar-refractivity contribution in [3.05, 3.63) is 34.8 Å². The van der Waals surface area contributed by atoms with E-state index in [1.807, 2.05) is 25.1 Å². The first-order valence-electron chi connectivity index (χ1n) is 8.59. The maximum atomic E-state index is 12.6. The van der Waals surface area contributed by atoms with Gasteiger partial charge < -0.3 is 15.1 Å². The van der Waals surface area contributed by atoms with Gasteiger partial charge >= 0.3 is 6.18 Å². The summed E-state index contributed by atoms with van der Waals surface area (Å²) in [7, 11) is -1.94. The van der Waals surface area contributed by atoms with Crippen molar-refractivity contribution in [1.82, 2.24) is 4.98 Å². The molecule has 0 amide bonds. The molecule has 10 heteroatoms. The van der Waals surface area contributed by atoms with E-state index in [1.165, 1.54) is 0 Å². The molecule has 0 unspecified atom stereocenters. The molecule has 1 aromatic carbocycles. The van der Waals surface area contributed by atoms with Crippen molar-refractivity contribution in [2.24, 2.45) is 0 Å². The van der Waals surface area contributed by atoms with E-state index >= 15 is 0 Å². The zero-order valence-corrected chi connectivity index (χ0v) is 19.2. The number of nitrogens with one attached hydrogen (secondary N) is 2. The number of hydrogen-bond donors (Lipinski definition) is 2. The summed E-state index contributed by atoms with van der Waals surface area (Å²) in [6.45, 7) is 12.8. The van der Waals surface area contributed by atoms with Crippen LogP contribution in [0.15, 0.2) is 23.6 Å². The van der Waals surface area contributed by atoms with Gasteiger partial charge in [0.25, 0.3) is 0 Å². The summed E-state index contributed by atoms with van der Waals surface area (Å²) in [5.41, 5.74) is 0.717. The molecular weight excluding hydrogens is 423 g/mol. The second-order valence-corrected chi connectivity index (χ2v) is 13.9. The van der Waals surface area contributed by atoms with Gasteiger partial charge in [-0.25, -0.2) is 4.98 Å². The topological polar surface area (TPSA) is 46.2 Å². The Morgan fingerprint density at radius 1 is 1.18 bits per heavy atom. The predicted molar refractivity (Wildman–Crippen MR) is 116 cm³/mol. The van der Waals surface area contributed by atoms with E-state index in [0.717, 1.165) is 33.7 Å². The third-order valence-electron chi connectivity index (χ3n) is 4.64. The summed E-state index contributed by atoms with van der Waals surface area (Å²) < 4.78 is 44.2. The number of alkyl halides is 3. The fourth-order valence-corrected chi connectivity index (χ4v) is 4.01. The molecule has 0 aliphatic heterocycles. The highest BCUT2D eigenvalue weighted by atomic mass is 32.1. The molecule has 2 rings (SSSR count). The van der Waals surface area contributed by atoms with Gasteiger partial charge in [0.2, 0.25) is 8.32 Å². The Morgan fingerprint density at radius 2 is 1.82 bits per heavy atom. The number of anilines is 2. The molecule has 0 radical (unpaired) electrons. The molecule has 0 fully saturated rings. The lowest BCUT2D eigenvalue weighted by atomic mass is 10.2. The van der Waals surface area contributed by atoms with Gasteiger partial charge in [-0.15, -0.1) is 11.3 Å². The van der Waals surface area contributed by atoms with Gasteiger partial charge in [0, 0.05) is 11.1 Å². The lowest BCUT2D eigenvalue weighted by Gasteiger charge is -2.36. The maximum absolute atomic E-state index is 12.6. The second kappa shape index (κ2) is 8.00. The Hall–Kier alpha value is -1.65. The number of thiazole rings is 1. The van der Waals surface area contributed by atoms with Crippen molar-refractivity contribution in [2.45, 2.75) is 52.0 Å². The quantitative estimate of drug-likeness (QED) is 0.405. The number of hydrogen-bond acceptors (Lipinski definition) is 4. The normalized spacial score (nSPS) is 12.6. The van der Waals surface area contributed by atoms with Gasteiger partial charge in [-0.05, 0) is 61.0 Å².